The van der Waals surface area contributed by atoms with E-state index < -0.39 is 21.3 Å². The van der Waals surface area contributed by atoms with Crippen molar-refractivity contribution in [2.45, 2.75) is 45.7 Å². The van der Waals surface area contributed by atoms with Crippen LogP contribution in [-0.4, -0.2) is 42.6 Å². The van der Waals surface area contributed by atoms with Gasteiger partial charge in [-0.05, 0) is 34.6 Å². The molecule has 15 heavy (non-hydrogen) atoms. The lowest BCUT2D eigenvalue weighted by atomic mass is 10.1. The molecule has 0 aliphatic heterocycles. The van der Waals surface area contributed by atoms with Crippen molar-refractivity contribution in [2.24, 2.45) is 0 Å². The predicted molar refractivity (Wildman–Crippen MR) is 60.7 cm³/mol. The smallest absolute Gasteiger partial charge is 0.280 e. The van der Waals surface area contributed by atoms with Gasteiger partial charge in [-0.1, -0.05) is 0 Å². The number of aliphatic hydroxyl groups is 1. The summed E-state index contributed by atoms with van der Waals surface area (Å²) in [7, 11) is -2.12. The van der Waals surface area contributed by atoms with E-state index in [4.69, 9.17) is 5.11 Å². The van der Waals surface area contributed by atoms with Gasteiger partial charge in [0, 0.05) is 12.6 Å². The SMILES string of the molecule is CN(C(C)(C)CO)S(=O)(=O)NC(C)(C)C. The van der Waals surface area contributed by atoms with Crippen molar-refractivity contribution in [3.8, 4) is 0 Å². The molecule has 0 fully saturated rings. The van der Waals surface area contributed by atoms with Crippen LogP contribution in [0.25, 0.3) is 0 Å². The summed E-state index contributed by atoms with van der Waals surface area (Å²) in [5.74, 6) is 0. The first-order valence-corrected chi connectivity index (χ1v) is 6.25. The van der Waals surface area contributed by atoms with Crippen LogP contribution in [0.15, 0.2) is 0 Å². The minimum Gasteiger partial charge on any atom is -0.394 e. The van der Waals surface area contributed by atoms with Crippen molar-refractivity contribution < 1.29 is 13.5 Å². The topological polar surface area (TPSA) is 69.6 Å². The third kappa shape index (κ3) is 4.46. The average molecular weight is 238 g/mol. The molecular weight excluding hydrogens is 216 g/mol. The highest BCUT2D eigenvalue weighted by molar-refractivity contribution is 7.87. The maximum absolute atomic E-state index is 11.9. The van der Waals surface area contributed by atoms with Gasteiger partial charge in [0.15, 0.2) is 0 Å². The van der Waals surface area contributed by atoms with Crippen LogP contribution in [0.5, 0.6) is 0 Å². The molecule has 0 aromatic rings. The molecule has 0 rings (SSSR count). The maximum Gasteiger partial charge on any atom is 0.280 e. The average Bonchev–Trinajstić information content (AvgIpc) is 1.98. The van der Waals surface area contributed by atoms with E-state index >= 15 is 0 Å². The Morgan fingerprint density at radius 2 is 1.60 bits per heavy atom. The largest absolute Gasteiger partial charge is 0.394 e. The fourth-order valence-corrected chi connectivity index (χ4v) is 2.50. The molecule has 0 saturated carbocycles. The molecule has 6 heteroatoms. The Bertz CT molecular complexity index is 304. The molecule has 0 heterocycles. The molecule has 0 bridgehead atoms. The summed E-state index contributed by atoms with van der Waals surface area (Å²) in [6.45, 7) is 8.40. The highest BCUT2D eigenvalue weighted by Gasteiger charge is 2.34. The number of rotatable bonds is 4. The number of nitrogens with one attached hydrogen (secondary N) is 1. The zero-order valence-electron chi connectivity index (χ0n) is 10.3. The second-order valence-electron chi connectivity index (χ2n) is 5.30. The molecule has 0 aromatic heterocycles. The van der Waals surface area contributed by atoms with E-state index in [0.717, 1.165) is 4.31 Å². The van der Waals surface area contributed by atoms with Crippen LogP contribution >= 0.6 is 0 Å². The fraction of sp³-hybridized carbons (Fsp3) is 1.00. The molecule has 0 aromatic carbocycles. The van der Waals surface area contributed by atoms with Crippen molar-refractivity contribution in [2.75, 3.05) is 13.7 Å². The van der Waals surface area contributed by atoms with Crippen molar-refractivity contribution >= 4 is 10.2 Å². The lowest BCUT2D eigenvalue weighted by molar-refractivity contribution is 0.136. The Morgan fingerprint density at radius 3 is 1.87 bits per heavy atom. The highest BCUT2D eigenvalue weighted by atomic mass is 32.2. The van der Waals surface area contributed by atoms with Gasteiger partial charge in [0.2, 0.25) is 0 Å². The van der Waals surface area contributed by atoms with Gasteiger partial charge in [-0.15, -0.1) is 0 Å². The first-order valence-electron chi connectivity index (χ1n) is 4.81. The van der Waals surface area contributed by atoms with Crippen molar-refractivity contribution in [1.29, 1.82) is 0 Å². The highest BCUT2D eigenvalue weighted by Crippen LogP contribution is 2.16. The van der Waals surface area contributed by atoms with Crippen molar-refractivity contribution in [1.82, 2.24) is 9.03 Å². The molecule has 5 nitrogen and oxygen atoms in total. The van der Waals surface area contributed by atoms with Gasteiger partial charge in [0.1, 0.15) is 0 Å². The lowest BCUT2D eigenvalue weighted by Gasteiger charge is -2.35. The second kappa shape index (κ2) is 4.37. The molecule has 0 radical (unpaired) electrons. The van der Waals surface area contributed by atoms with Gasteiger partial charge in [-0.2, -0.15) is 17.4 Å². The second-order valence-corrected chi connectivity index (χ2v) is 7.00. The van der Waals surface area contributed by atoms with Crippen LogP contribution in [0.1, 0.15) is 34.6 Å². The van der Waals surface area contributed by atoms with E-state index in [2.05, 4.69) is 4.72 Å². The number of likely N-dealkylation sites (N-methyl/N-ethyl adjacent to an activating group) is 1. The van der Waals surface area contributed by atoms with Crippen molar-refractivity contribution in [3.05, 3.63) is 0 Å². The molecule has 0 atom stereocenters. The van der Waals surface area contributed by atoms with E-state index in [9.17, 15) is 8.42 Å². The zero-order valence-corrected chi connectivity index (χ0v) is 11.1. The van der Waals surface area contributed by atoms with E-state index in [1.165, 1.54) is 7.05 Å². The molecule has 0 spiro atoms. The minimum atomic E-state index is -3.56. The Kier molecular flexibility index (Phi) is 4.32. The molecule has 2 N–H and O–H groups in total. The molecule has 92 valence electrons. The molecule has 0 amide bonds. The standard InChI is InChI=1S/C9H22N2O3S/c1-8(2,3)10-15(13,14)11(6)9(4,5)7-12/h10,12H,7H2,1-6H3. The minimum absolute atomic E-state index is 0.228. The molecule has 0 unspecified atom stereocenters. The Balaban J connectivity index is 4.91. The van der Waals surface area contributed by atoms with Crippen LogP contribution in [0.2, 0.25) is 0 Å². The number of hydrogen-bond acceptors (Lipinski definition) is 3. The Hall–Kier alpha value is -0.170. The summed E-state index contributed by atoms with van der Waals surface area (Å²) in [6, 6.07) is 0. The van der Waals surface area contributed by atoms with Gasteiger partial charge in [-0.3, -0.25) is 0 Å². The Labute approximate surface area is 92.7 Å². The summed E-state index contributed by atoms with van der Waals surface area (Å²) >= 11 is 0. The summed E-state index contributed by atoms with van der Waals surface area (Å²) in [6.07, 6.45) is 0. The summed E-state index contributed by atoms with van der Waals surface area (Å²) in [5.41, 5.74) is -1.34. The van der Waals surface area contributed by atoms with E-state index in [1.807, 2.05) is 0 Å². The first-order chi connectivity index (χ1) is 6.42. The fourth-order valence-electron chi connectivity index (χ4n) is 0.880. The van der Waals surface area contributed by atoms with E-state index in [0.29, 0.717) is 0 Å². The maximum atomic E-state index is 11.9. The quantitative estimate of drug-likeness (QED) is 0.741. The van der Waals surface area contributed by atoms with Crippen molar-refractivity contribution in [3.63, 3.8) is 0 Å². The van der Waals surface area contributed by atoms with Gasteiger partial charge in [-0.25, -0.2) is 0 Å². The van der Waals surface area contributed by atoms with Gasteiger partial charge in [0.05, 0.1) is 12.1 Å². The van der Waals surface area contributed by atoms with Gasteiger partial charge < -0.3 is 5.11 Å². The van der Waals surface area contributed by atoms with Crippen LogP contribution < -0.4 is 4.72 Å². The summed E-state index contributed by atoms with van der Waals surface area (Å²) in [4.78, 5) is 0. The predicted octanol–water partition coefficient (Wildman–Crippen LogP) is 0.322. The van der Waals surface area contributed by atoms with E-state index in [-0.39, 0.29) is 6.61 Å². The molecule has 0 aliphatic rings. The van der Waals surface area contributed by atoms with Crippen LogP contribution in [0, 0.1) is 0 Å². The number of nitrogens with zero attached hydrogens (tertiary/aromatic N) is 1. The zero-order chi connectivity index (χ0) is 12.5. The van der Waals surface area contributed by atoms with Gasteiger partial charge in [0.25, 0.3) is 10.2 Å². The number of aliphatic hydroxyl groups excluding tert-OH is 1. The van der Waals surface area contributed by atoms with Crippen LogP contribution in [0.3, 0.4) is 0 Å². The Morgan fingerprint density at radius 1 is 1.20 bits per heavy atom. The van der Waals surface area contributed by atoms with E-state index in [1.54, 1.807) is 34.6 Å². The van der Waals surface area contributed by atoms with Crippen LogP contribution in [0.4, 0.5) is 0 Å². The first kappa shape index (κ1) is 14.8. The normalized spacial score (nSPS) is 14.7. The number of hydrogen-bond donors (Lipinski definition) is 2. The van der Waals surface area contributed by atoms with Crippen LogP contribution in [-0.2, 0) is 10.2 Å². The summed E-state index contributed by atoms with van der Waals surface area (Å²) in [5, 5.41) is 9.09. The molecular formula is C9H22N2O3S. The summed E-state index contributed by atoms with van der Waals surface area (Å²) < 4.78 is 27.4. The molecule has 0 saturated heterocycles. The lowest BCUT2D eigenvalue weighted by Crippen LogP contribution is -2.55. The molecule has 0 aliphatic carbocycles. The van der Waals surface area contributed by atoms with Gasteiger partial charge >= 0.3 is 0 Å². The third-order valence-electron chi connectivity index (χ3n) is 2.04. The monoisotopic (exact) mass is 238 g/mol. The third-order valence-corrected chi connectivity index (χ3v) is 4.12.